The predicted octanol–water partition coefficient (Wildman–Crippen LogP) is 2.74. The van der Waals surface area contributed by atoms with Crippen LogP contribution in [0, 0.1) is 0 Å². The van der Waals surface area contributed by atoms with Crippen molar-refractivity contribution in [3.8, 4) is 0 Å². The van der Waals surface area contributed by atoms with E-state index in [1.165, 1.54) is 0 Å². The molecule has 1 atom stereocenters. The number of carbonyl (C=O) groups excluding carboxylic acids is 1. The first kappa shape index (κ1) is 22.2. The Balaban J connectivity index is 0.000000339. The first-order chi connectivity index (χ1) is 14.7. The van der Waals surface area contributed by atoms with Crippen LogP contribution in [0.2, 0.25) is 0 Å². The molecule has 0 bridgehead atoms. The lowest BCUT2D eigenvalue weighted by molar-refractivity contribution is -0.192. The van der Waals surface area contributed by atoms with E-state index in [1.807, 2.05) is 41.1 Å². The highest BCUT2D eigenvalue weighted by Crippen LogP contribution is 2.18. The van der Waals surface area contributed by atoms with Gasteiger partial charge in [-0.05, 0) is 18.2 Å². The topological polar surface area (TPSA) is 97.5 Å². The van der Waals surface area contributed by atoms with Crippen LogP contribution < -0.4 is 0 Å². The molecule has 3 heterocycles. The lowest BCUT2D eigenvalue weighted by atomic mass is 10.1. The summed E-state index contributed by atoms with van der Waals surface area (Å²) in [5, 5.41) is 12.4. The van der Waals surface area contributed by atoms with E-state index in [4.69, 9.17) is 14.6 Å². The number of ether oxygens (including phenoxy) is 1. The number of pyridine rings is 1. The number of hydrogen-bond acceptors (Lipinski definition) is 5. The highest BCUT2D eigenvalue weighted by molar-refractivity contribution is 5.97. The van der Waals surface area contributed by atoms with Crippen LogP contribution in [0.5, 0.6) is 0 Å². The molecule has 0 aliphatic carbocycles. The number of rotatable bonds is 2. The number of fused-ring (bicyclic) bond motifs is 2. The van der Waals surface area contributed by atoms with E-state index in [0.717, 1.165) is 16.6 Å². The molecule has 3 aromatic rings. The zero-order valence-corrected chi connectivity index (χ0v) is 16.4. The zero-order valence-electron chi connectivity index (χ0n) is 16.4. The maximum atomic E-state index is 13.0. The second-order valence-corrected chi connectivity index (χ2v) is 6.77. The van der Waals surface area contributed by atoms with E-state index in [1.54, 1.807) is 24.4 Å². The summed E-state index contributed by atoms with van der Waals surface area (Å²) in [4.78, 5) is 28.1. The molecule has 1 aliphatic rings. The fourth-order valence-corrected chi connectivity index (χ4v) is 3.09. The number of nitrogens with zero attached hydrogens (tertiary/aromatic N) is 4. The third-order valence-electron chi connectivity index (χ3n) is 4.66. The molecule has 0 radical (unpaired) electrons. The number of aromatic nitrogens is 3. The van der Waals surface area contributed by atoms with Gasteiger partial charge in [-0.2, -0.15) is 18.3 Å². The summed E-state index contributed by atoms with van der Waals surface area (Å²) >= 11 is 0. The van der Waals surface area contributed by atoms with Gasteiger partial charge < -0.3 is 14.7 Å². The Morgan fingerprint density at radius 2 is 1.90 bits per heavy atom. The minimum Gasteiger partial charge on any atom is -0.475 e. The minimum atomic E-state index is -5.08. The molecule has 1 aromatic carbocycles. The highest BCUT2D eigenvalue weighted by atomic mass is 19.4. The molecular formula is C20H19F3N4O4. The van der Waals surface area contributed by atoms with Gasteiger partial charge in [0.1, 0.15) is 0 Å². The number of alkyl halides is 3. The number of carboxylic acid groups (broad SMARTS) is 1. The van der Waals surface area contributed by atoms with Gasteiger partial charge in [0.25, 0.3) is 5.91 Å². The van der Waals surface area contributed by atoms with E-state index in [9.17, 15) is 18.0 Å². The molecule has 0 saturated carbocycles. The van der Waals surface area contributed by atoms with Gasteiger partial charge in [-0.25, -0.2) is 4.79 Å². The smallest absolute Gasteiger partial charge is 0.475 e. The number of halogens is 3. The number of methoxy groups -OCH3 is 1. The number of para-hydroxylation sites is 1. The summed E-state index contributed by atoms with van der Waals surface area (Å²) in [5.74, 6) is -2.79. The van der Waals surface area contributed by atoms with Gasteiger partial charge in [0.15, 0.2) is 0 Å². The van der Waals surface area contributed by atoms with Crippen LogP contribution in [0.25, 0.3) is 10.9 Å². The van der Waals surface area contributed by atoms with Crippen molar-refractivity contribution in [1.29, 1.82) is 0 Å². The van der Waals surface area contributed by atoms with E-state index >= 15 is 0 Å². The third kappa shape index (κ3) is 5.37. The summed E-state index contributed by atoms with van der Waals surface area (Å²) in [7, 11) is 1.67. The molecule has 1 aliphatic heterocycles. The molecular weight excluding hydrogens is 417 g/mol. The molecule has 4 rings (SSSR count). The molecule has 2 aromatic heterocycles. The number of amides is 1. The van der Waals surface area contributed by atoms with Crippen LogP contribution in [0.15, 0.2) is 48.8 Å². The quantitative estimate of drug-likeness (QED) is 0.664. The van der Waals surface area contributed by atoms with Crippen molar-refractivity contribution in [3.05, 3.63) is 60.0 Å². The van der Waals surface area contributed by atoms with E-state index in [-0.39, 0.29) is 12.0 Å². The van der Waals surface area contributed by atoms with Crippen molar-refractivity contribution >= 4 is 22.8 Å². The van der Waals surface area contributed by atoms with Crippen LogP contribution in [-0.4, -0.2) is 62.6 Å². The SMILES string of the molecule is COC1CN(C(=O)c2cnc3ccccc3c2)Cc2ccnn2C1.O=C(O)C(F)(F)F. The van der Waals surface area contributed by atoms with Crippen LogP contribution in [0.1, 0.15) is 16.1 Å². The predicted molar refractivity (Wildman–Crippen MR) is 103 cm³/mol. The number of aliphatic carboxylic acids is 1. The first-order valence-electron chi connectivity index (χ1n) is 9.16. The van der Waals surface area contributed by atoms with Crippen LogP contribution in [0.4, 0.5) is 13.2 Å². The summed E-state index contributed by atoms with van der Waals surface area (Å²) in [5.41, 5.74) is 2.49. The molecule has 1 unspecified atom stereocenters. The van der Waals surface area contributed by atoms with Gasteiger partial charge in [0.2, 0.25) is 0 Å². The Morgan fingerprint density at radius 3 is 2.58 bits per heavy atom. The average Bonchev–Trinajstić information content (AvgIpc) is 3.10. The van der Waals surface area contributed by atoms with Gasteiger partial charge in [0, 0.05) is 31.4 Å². The second kappa shape index (κ2) is 9.13. The number of carbonyl (C=O) groups is 2. The van der Waals surface area contributed by atoms with Crippen LogP contribution in [0.3, 0.4) is 0 Å². The molecule has 31 heavy (non-hydrogen) atoms. The van der Waals surface area contributed by atoms with Crippen LogP contribution >= 0.6 is 0 Å². The lowest BCUT2D eigenvalue weighted by Gasteiger charge is -2.23. The summed E-state index contributed by atoms with van der Waals surface area (Å²) in [6.07, 6.45) is -1.76. The fraction of sp³-hybridized carbons (Fsp3) is 0.300. The minimum absolute atomic E-state index is 0.0371. The third-order valence-corrected chi connectivity index (χ3v) is 4.66. The standard InChI is InChI=1S/C18H18N4O2.C2HF3O2/c1-24-16-11-21(10-15-6-7-20-22(15)12-16)18(23)14-8-13-4-2-3-5-17(13)19-9-14;3-2(4,5)1(6)7/h2-9,16H,10-12H2,1H3;(H,6,7). The largest absolute Gasteiger partial charge is 0.490 e. The number of benzene rings is 1. The Hall–Kier alpha value is -3.47. The van der Waals surface area contributed by atoms with Crippen molar-refractivity contribution in [3.63, 3.8) is 0 Å². The normalized spacial score (nSPS) is 16.1. The fourth-order valence-electron chi connectivity index (χ4n) is 3.09. The Labute approximate surface area is 174 Å². The van der Waals surface area contributed by atoms with E-state index in [2.05, 4.69) is 10.1 Å². The second-order valence-electron chi connectivity index (χ2n) is 6.77. The Kier molecular flexibility index (Phi) is 6.54. The van der Waals surface area contributed by atoms with Crippen molar-refractivity contribution in [2.75, 3.05) is 13.7 Å². The lowest BCUT2D eigenvalue weighted by Crippen LogP contribution is -2.37. The Bertz CT molecular complexity index is 1080. The average molecular weight is 436 g/mol. The van der Waals surface area contributed by atoms with Gasteiger partial charge in [-0.3, -0.25) is 14.5 Å². The highest BCUT2D eigenvalue weighted by Gasteiger charge is 2.38. The molecule has 0 spiro atoms. The molecule has 164 valence electrons. The van der Waals surface area contributed by atoms with Crippen molar-refractivity contribution < 1.29 is 32.6 Å². The maximum Gasteiger partial charge on any atom is 0.490 e. The molecule has 0 saturated heterocycles. The molecule has 1 N–H and O–H groups in total. The van der Waals surface area contributed by atoms with E-state index in [0.29, 0.717) is 25.2 Å². The molecule has 8 nitrogen and oxygen atoms in total. The summed E-state index contributed by atoms with van der Waals surface area (Å²) < 4.78 is 39.2. The molecule has 1 amide bonds. The van der Waals surface area contributed by atoms with Crippen molar-refractivity contribution in [2.24, 2.45) is 0 Å². The van der Waals surface area contributed by atoms with Crippen molar-refractivity contribution in [1.82, 2.24) is 19.7 Å². The zero-order chi connectivity index (χ0) is 22.6. The molecule has 11 heteroatoms. The number of hydrogen-bond donors (Lipinski definition) is 1. The van der Waals surface area contributed by atoms with Gasteiger partial charge in [0.05, 0.1) is 36.0 Å². The summed E-state index contributed by atoms with van der Waals surface area (Å²) in [6, 6.07) is 11.6. The van der Waals surface area contributed by atoms with E-state index < -0.39 is 12.1 Å². The van der Waals surface area contributed by atoms with Gasteiger partial charge in [-0.15, -0.1) is 0 Å². The van der Waals surface area contributed by atoms with Gasteiger partial charge in [-0.1, -0.05) is 18.2 Å². The number of carboxylic acids is 1. The Morgan fingerprint density at radius 1 is 1.19 bits per heavy atom. The van der Waals surface area contributed by atoms with Crippen molar-refractivity contribution in [2.45, 2.75) is 25.4 Å². The maximum absolute atomic E-state index is 13.0. The first-order valence-corrected chi connectivity index (χ1v) is 9.16. The van der Waals surface area contributed by atoms with Gasteiger partial charge >= 0.3 is 12.1 Å². The van der Waals surface area contributed by atoms with Crippen LogP contribution in [-0.2, 0) is 22.6 Å². The summed E-state index contributed by atoms with van der Waals surface area (Å²) in [6.45, 7) is 1.70. The monoisotopic (exact) mass is 436 g/mol. The molecule has 0 fully saturated rings.